The maximum atomic E-state index is 12.0. The zero-order valence-corrected chi connectivity index (χ0v) is 11.0. The Bertz CT molecular complexity index is 313. The average molecular weight is 254 g/mol. The van der Waals surface area contributed by atoms with Gasteiger partial charge in [-0.05, 0) is 38.0 Å². The van der Waals surface area contributed by atoms with Crippen LogP contribution in [-0.4, -0.2) is 37.5 Å². The first-order chi connectivity index (χ1) is 8.76. The summed E-state index contributed by atoms with van der Waals surface area (Å²) >= 11 is 0. The standard InChI is InChI=1S/C14H22O4/c1-2-10(6-11-8-16-11)14(15)17-7-9-3-4-12-13(5-9)18-12/h9-13H,2-8H2,1H3. The molecule has 1 aliphatic carbocycles. The van der Waals surface area contributed by atoms with Gasteiger partial charge in [0.15, 0.2) is 0 Å². The van der Waals surface area contributed by atoms with Crippen molar-refractivity contribution in [3.63, 3.8) is 0 Å². The van der Waals surface area contributed by atoms with Crippen LogP contribution in [0, 0.1) is 11.8 Å². The monoisotopic (exact) mass is 254 g/mol. The highest BCUT2D eigenvalue weighted by molar-refractivity contribution is 5.72. The first-order valence-electron chi connectivity index (χ1n) is 7.20. The van der Waals surface area contributed by atoms with Gasteiger partial charge in [-0.2, -0.15) is 0 Å². The summed E-state index contributed by atoms with van der Waals surface area (Å²) in [5, 5.41) is 0. The summed E-state index contributed by atoms with van der Waals surface area (Å²) in [5.41, 5.74) is 0. The van der Waals surface area contributed by atoms with E-state index in [1.807, 2.05) is 6.92 Å². The predicted octanol–water partition coefficient (Wildman–Crippen LogP) is 1.91. The van der Waals surface area contributed by atoms with Crippen LogP contribution in [0.4, 0.5) is 0 Å². The number of hydrogen-bond donors (Lipinski definition) is 0. The SMILES string of the molecule is CCC(CC1CO1)C(=O)OCC1CCC2OC2C1. The van der Waals surface area contributed by atoms with Gasteiger partial charge in [-0.1, -0.05) is 6.92 Å². The van der Waals surface area contributed by atoms with Gasteiger partial charge in [-0.3, -0.25) is 4.79 Å². The Morgan fingerprint density at radius 3 is 2.89 bits per heavy atom. The van der Waals surface area contributed by atoms with Crippen LogP contribution in [0.5, 0.6) is 0 Å². The minimum Gasteiger partial charge on any atom is -0.465 e. The van der Waals surface area contributed by atoms with Crippen molar-refractivity contribution in [2.45, 2.75) is 57.3 Å². The third kappa shape index (κ3) is 3.04. The van der Waals surface area contributed by atoms with Crippen LogP contribution >= 0.6 is 0 Å². The van der Waals surface area contributed by atoms with Crippen LogP contribution in [0.3, 0.4) is 0 Å². The maximum Gasteiger partial charge on any atom is 0.309 e. The van der Waals surface area contributed by atoms with Gasteiger partial charge in [0.2, 0.25) is 0 Å². The molecular weight excluding hydrogens is 232 g/mol. The fraction of sp³-hybridized carbons (Fsp3) is 0.929. The Hall–Kier alpha value is -0.610. The molecule has 0 aromatic carbocycles. The van der Waals surface area contributed by atoms with E-state index < -0.39 is 0 Å². The highest BCUT2D eigenvalue weighted by Gasteiger charge is 2.44. The topological polar surface area (TPSA) is 51.4 Å². The van der Waals surface area contributed by atoms with E-state index in [1.54, 1.807) is 0 Å². The van der Waals surface area contributed by atoms with Crippen LogP contribution in [-0.2, 0) is 19.0 Å². The lowest BCUT2D eigenvalue weighted by atomic mass is 9.90. The highest BCUT2D eigenvalue weighted by atomic mass is 16.6. The molecule has 3 fully saturated rings. The van der Waals surface area contributed by atoms with E-state index in [9.17, 15) is 4.79 Å². The number of esters is 1. The first kappa shape index (κ1) is 12.4. The normalized spacial score (nSPS) is 38.7. The van der Waals surface area contributed by atoms with E-state index in [0.29, 0.717) is 30.8 Å². The molecule has 3 aliphatic rings. The molecule has 2 heterocycles. The first-order valence-corrected chi connectivity index (χ1v) is 7.20. The number of carbonyl (C=O) groups is 1. The Kier molecular flexibility index (Phi) is 3.57. The van der Waals surface area contributed by atoms with Gasteiger partial charge in [0.05, 0.1) is 37.4 Å². The molecule has 4 heteroatoms. The Balaban J connectivity index is 1.39. The predicted molar refractivity (Wildman–Crippen MR) is 65.1 cm³/mol. The van der Waals surface area contributed by atoms with E-state index in [1.165, 1.54) is 0 Å². The van der Waals surface area contributed by atoms with Crippen LogP contribution < -0.4 is 0 Å². The summed E-state index contributed by atoms with van der Waals surface area (Å²) in [6.07, 6.45) is 6.30. The zero-order chi connectivity index (χ0) is 12.5. The molecule has 3 rings (SSSR count). The van der Waals surface area contributed by atoms with Crippen LogP contribution in [0.1, 0.15) is 39.0 Å². The fourth-order valence-corrected chi connectivity index (χ4v) is 2.91. The van der Waals surface area contributed by atoms with E-state index in [2.05, 4.69) is 0 Å². The third-order valence-corrected chi connectivity index (χ3v) is 4.35. The van der Waals surface area contributed by atoms with Crippen molar-refractivity contribution in [1.29, 1.82) is 0 Å². The van der Waals surface area contributed by atoms with Gasteiger partial charge >= 0.3 is 5.97 Å². The molecule has 1 saturated carbocycles. The lowest BCUT2D eigenvalue weighted by Gasteiger charge is -2.20. The molecule has 0 N–H and O–H groups in total. The van der Waals surface area contributed by atoms with Crippen molar-refractivity contribution < 1.29 is 19.0 Å². The van der Waals surface area contributed by atoms with Crippen molar-refractivity contribution in [1.82, 2.24) is 0 Å². The number of epoxide rings is 2. The summed E-state index contributed by atoms with van der Waals surface area (Å²) in [5.74, 6) is 0.491. The van der Waals surface area contributed by atoms with E-state index in [0.717, 1.165) is 38.7 Å². The molecule has 5 unspecified atom stereocenters. The summed E-state index contributed by atoms with van der Waals surface area (Å²) in [6, 6.07) is 0. The molecule has 5 atom stereocenters. The average Bonchev–Trinajstić information content (AvgIpc) is 3.26. The second kappa shape index (κ2) is 5.17. The van der Waals surface area contributed by atoms with Crippen molar-refractivity contribution in [2.24, 2.45) is 11.8 Å². The molecule has 0 radical (unpaired) electrons. The molecule has 18 heavy (non-hydrogen) atoms. The number of fused-ring (bicyclic) bond motifs is 1. The second-order valence-corrected chi connectivity index (χ2v) is 5.82. The molecule has 2 aliphatic heterocycles. The van der Waals surface area contributed by atoms with Crippen LogP contribution in [0.15, 0.2) is 0 Å². The Labute approximate surface area is 108 Å². The lowest BCUT2D eigenvalue weighted by Crippen LogP contribution is -2.24. The van der Waals surface area contributed by atoms with E-state index in [4.69, 9.17) is 14.2 Å². The molecule has 102 valence electrons. The third-order valence-electron chi connectivity index (χ3n) is 4.35. The van der Waals surface area contributed by atoms with Gasteiger partial charge < -0.3 is 14.2 Å². The summed E-state index contributed by atoms with van der Waals surface area (Å²) < 4.78 is 16.1. The summed E-state index contributed by atoms with van der Waals surface area (Å²) in [7, 11) is 0. The Morgan fingerprint density at radius 1 is 1.39 bits per heavy atom. The van der Waals surface area contributed by atoms with E-state index >= 15 is 0 Å². The smallest absolute Gasteiger partial charge is 0.309 e. The maximum absolute atomic E-state index is 12.0. The van der Waals surface area contributed by atoms with Gasteiger partial charge in [0.25, 0.3) is 0 Å². The van der Waals surface area contributed by atoms with Gasteiger partial charge in [-0.25, -0.2) is 0 Å². The fourth-order valence-electron chi connectivity index (χ4n) is 2.91. The number of hydrogen-bond acceptors (Lipinski definition) is 4. The van der Waals surface area contributed by atoms with Gasteiger partial charge in [0, 0.05) is 0 Å². The highest BCUT2D eigenvalue weighted by Crippen LogP contribution is 2.39. The molecule has 0 amide bonds. The van der Waals surface area contributed by atoms with Crippen molar-refractivity contribution in [3.8, 4) is 0 Å². The number of rotatable bonds is 6. The van der Waals surface area contributed by atoms with E-state index in [-0.39, 0.29) is 11.9 Å². The molecule has 0 aromatic rings. The number of ether oxygens (including phenoxy) is 3. The molecule has 0 spiro atoms. The van der Waals surface area contributed by atoms with Crippen molar-refractivity contribution in [2.75, 3.05) is 13.2 Å². The Morgan fingerprint density at radius 2 is 2.22 bits per heavy atom. The quantitative estimate of drug-likeness (QED) is 0.536. The van der Waals surface area contributed by atoms with Gasteiger partial charge in [0.1, 0.15) is 0 Å². The molecule has 4 nitrogen and oxygen atoms in total. The minimum absolute atomic E-state index is 0.0195. The van der Waals surface area contributed by atoms with Crippen molar-refractivity contribution >= 4 is 5.97 Å². The molecular formula is C14H22O4. The van der Waals surface area contributed by atoms with Crippen LogP contribution in [0.25, 0.3) is 0 Å². The summed E-state index contributed by atoms with van der Waals surface area (Å²) in [6.45, 7) is 3.43. The zero-order valence-electron chi connectivity index (χ0n) is 11.0. The largest absolute Gasteiger partial charge is 0.465 e. The summed E-state index contributed by atoms with van der Waals surface area (Å²) in [4.78, 5) is 12.0. The number of carbonyl (C=O) groups excluding carboxylic acids is 1. The second-order valence-electron chi connectivity index (χ2n) is 5.82. The molecule has 2 saturated heterocycles. The molecule has 0 aromatic heterocycles. The lowest BCUT2D eigenvalue weighted by molar-refractivity contribution is -0.150. The van der Waals surface area contributed by atoms with Crippen molar-refractivity contribution in [3.05, 3.63) is 0 Å². The van der Waals surface area contributed by atoms with Crippen LogP contribution in [0.2, 0.25) is 0 Å². The minimum atomic E-state index is -0.0353. The molecule has 0 bridgehead atoms. The van der Waals surface area contributed by atoms with Gasteiger partial charge in [-0.15, -0.1) is 0 Å².